The van der Waals surface area contributed by atoms with Crippen molar-refractivity contribution in [2.75, 3.05) is 46.3 Å². The van der Waals surface area contributed by atoms with Crippen LogP contribution in [-0.2, 0) is 9.59 Å². The zero-order valence-electron chi connectivity index (χ0n) is 12.9. The molecule has 2 amide bonds. The highest BCUT2D eigenvalue weighted by Gasteiger charge is 2.50. The van der Waals surface area contributed by atoms with Crippen LogP contribution in [0.15, 0.2) is 0 Å². The Labute approximate surface area is 126 Å². The van der Waals surface area contributed by atoms with Crippen LogP contribution in [0, 0.1) is 5.41 Å². The van der Waals surface area contributed by atoms with Crippen LogP contribution in [0.4, 0.5) is 0 Å². The van der Waals surface area contributed by atoms with Gasteiger partial charge in [0.1, 0.15) is 0 Å². The largest absolute Gasteiger partial charge is 0.339 e. The predicted octanol–water partition coefficient (Wildman–Crippen LogP) is -0.510. The normalized spacial score (nSPS) is 28.8. The summed E-state index contributed by atoms with van der Waals surface area (Å²) in [4.78, 5) is 30.9. The van der Waals surface area contributed by atoms with Gasteiger partial charge < -0.3 is 15.5 Å². The van der Waals surface area contributed by atoms with Gasteiger partial charge in [0.2, 0.25) is 11.8 Å². The summed E-state index contributed by atoms with van der Waals surface area (Å²) < 4.78 is 0. The lowest BCUT2D eigenvalue weighted by Crippen LogP contribution is -2.55. The molecule has 1 saturated carbocycles. The molecule has 0 aromatic rings. The van der Waals surface area contributed by atoms with E-state index in [4.69, 9.17) is 5.73 Å². The van der Waals surface area contributed by atoms with E-state index in [0.29, 0.717) is 32.7 Å². The van der Waals surface area contributed by atoms with Crippen molar-refractivity contribution in [3.63, 3.8) is 0 Å². The summed E-state index contributed by atoms with van der Waals surface area (Å²) in [6, 6.07) is 0.0473. The molecule has 0 radical (unpaired) electrons. The molecule has 118 valence electrons. The number of hydrogen-bond donors (Lipinski definition) is 1. The van der Waals surface area contributed by atoms with Gasteiger partial charge in [-0.25, -0.2) is 0 Å². The highest BCUT2D eigenvalue weighted by Crippen LogP contribution is 2.46. The van der Waals surface area contributed by atoms with Crippen molar-refractivity contribution in [3.05, 3.63) is 0 Å². The number of likely N-dealkylation sites (tertiary alicyclic amines) is 1. The quantitative estimate of drug-likeness (QED) is 0.761. The first kappa shape index (κ1) is 14.8. The number of likely N-dealkylation sites (N-methyl/N-ethyl adjacent to an activating group) is 1. The summed E-state index contributed by atoms with van der Waals surface area (Å²) in [5.74, 6) is 0.442. The van der Waals surface area contributed by atoms with Crippen molar-refractivity contribution >= 4 is 11.8 Å². The van der Waals surface area contributed by atoms with Crippen LogP contribution in [0.2, 0.25) is 0 Å². The molecule has 2 saturated heterocycles. The Kier molecular flexibility index (Phi) is 3.92. The lowest BCUT2D eigenvalue weighted by Gasteiger charge is -2.38. The highest BCUT2D eigenvalue weighted by atomic mass is 16.2. The van der Waals surface area contributed by atoms with Crippen LogP contribution in [-0.4, -0.2) is 78.9 Å². The van der Waals surface area contributed by atoms with Gasteiger partial charge in [-0.15, -0.1) is 0 Å². The first-order valence-corrected chi connectivity index (χ1v) is 8.06. The van der Waals surface area contributed by atoms with Gasteiger partial charge in [-0.3, -0.25) is 14.5 Å². The van der Waals surface area contributed by atoms with Gasteiger partial charge in [0.25, 0.3) is 0 Å². The first-order chi connectivity index (χ1) is 10.1. The third-order valence-electron chi connectivity index (χ3n) is 5.38. The van der Waals surface area contributed by atoms with E-state index in [1.807, 2.05) is 16.8 Å². The standard InChI is InChI=1S/C15H26N4O2/c1-17-6-2-3-12(17)13(20)18-7-9-19(10-8-18)14(21)15(11-16)4-5-15/h12H,2-11,16H2,1H3. The molecule has 1 atom stereocenters. The molecule has 6 heteroatoms. The van der Waals surface area contributed by atoms with Gasteiger partial charge in [-0.1, -0.05) is 0 Å². The van der Waals surface area contributed by atoms with Crippen molar-refractivity contribution in [1.29, 1.82) is 0 Å². The fraction of sp³-hybridized carbons (Fsp3) is 0.867. The average molecular weight is 294 g/mol. The van der Waals surface area contributed by atoms with E-state index >= 15 is 0 Å². The topological polar surface area (TPSA) is 69.9 Å². The Hall–Kier alpha value is -1.14. The zero-order chi connectivity index (χ0) is 15.0. The molecule has 0 spiro atoms. The third kappa shape index (κ3) is 2.66. The van der Waals surface area contributed by atoms with Gasteiger partial charge in [0.05, 0.1) is 11.5 Å². The summed E-state index contributed by atoms with van der Waals surface area (Å²) in [6.07, 6.45) is 3.91. The monoisotopic (exact) mass is 294 g/mol. The van der Waals surface area contributed by atoms with E-state index in [-0.39, 0.29) is 23.3 Å². The van der Waals surface area contributed by atoms with Crippen molar-refractivity contribution in [2.45, 2.75) is 31.7 Å². The molecular weight excluding hydrogens is 268 g/mol. The van der Waals surface area contributed by atoms with Gasteiger partial charge in [0.15, 0.2) is 0 Å². The first-order valence-electron chi connectivity index (χ1n) is 8.06. The number of carbonyl (C=O) groups excluding carboxylic acids is 2. The summed E-state index contributed by atoms with van der Waals surface area (Å²) in [5.41, 5.74) is 5.47. The molecule has 0 aromatic carbocycles. The number of carbonyl (C=O) groups is 2. The summed E-state index contributed by atoms with van der Waals surface area (Å²) in [6.45, 7) is 4.10. The summed E-state index contributed by atoms with van der Waals surface area (Å²) in [5, 5.41) is 0. The van der Waals surface area contributed by atoms with Gasteiger partial charge >= 0.3 is 0 Å². The Balaban J connectivity index is 1.53. The highest BCUT2D eigenvalue weighted by molar-refractivity contribution is 5.86. The Bertz CT molecular complexity index is 427. The van der Waals surface area contributed by atoms with Crippen LogP contribution in [0.5, 0.6) is 0 Å². The van der Waals surface area contributed by atoms with Crippen molar-refractivity contribution in [3.8, 4) is 0 Å². The number of nitrogens with zero attached hydrogens (tertiary/aromatic N) is 3. The van der Waals surface area contributed by atoms with E-state index in [1.54, 1.807) is 0 Å². The SMILES string of the molecule is CN1CCCC1C(=O)N1CCN(C(=O)C2(CN)CC2)CC1. The Morgan fingerprint density at radius 1 is 1.10 bits per heavy atom. The van der Waals surface area contributed by atoms with Crippen molar-refractivity contribution in [2.24, 2.45) is 11.1 Å². The Morgan fingerprint density at radius 3 is 2.19 bits per heavy atom. The number of piperazine rings is 1. The molecule has 0 bridgehead atoms. The second-order valence-electron chi connectivity index (χ2n) is 6.74. The van der Waals surface area contributed by atoms with Crippen LogP contribution in [0.25, 0.3) is 0 Å². The fourth-order valence-electron chi connectivity index (χ4n) is 3.55. The second kappa shape index (κ2) is 5.57. The smallest absolute Gasteiger partial charge is 0.240 e. The van der Waals surface area contributed by atoms with Gasteiger partial charge in [0, 0.05) is 32.7 Å². The predicted molar refractivity (Wildman–Crippen MR) is 79.5 cm³/mol. The molecule has 21 heavy (non-hydrogen) atoms. The van der Waals surface area contributed by atoms with Crippen LogP contribution in [0.1, 0.15) is 25.7 Å². The molecule has 2 heterocycles. The molecule has 3 fully saturated rings. The minimum Gasteiger partial charge on any atom is -0.339 e. The minimum atomic E-state index is -0.266. The van der Waals surface area contributed by atoms with Crippen LogP contribution >= 0.6 is 0 Å². The Morgan fingerprint density at radius 2 is 1.71 bits per heavy atom. The summed E-state index contributed by atoms with van der Waals surface area (Å²) in [7, 11) is 2.02. The lowest BCUT2D eigenvalue weighted by atomic mass is 10.1. The van der Waals surface area contributed by atoms with Gasteiger partial charge in [-0.2, -0.15) is 0 Å². The molecule has 2 N–H and O–H groups in total. The number of amides is 2. The number of hydrogen-bond acceptors (Lipinski definition) is 4. The van der Waals surface area contributed by atoms with E-state index in [1.165, 1.54) is 0 Å². The second-order valence-corrected chi connectivity index (χ2v) is 6.74. The van der Waals surface area contributed by atoms with Crippen molar-refractivity contribution < 1.29 is 9.59 Å². The average Bonchev–Trinajstić information content (AvgIpc) is 3.21. The molecule has 0 aromatic heterocycles. The minimum absolute atomic E-state index is 0.0473. The molecule has 1 unspecified atom stereocenters. The van der Waals surface area contributed by atoms with Crippen LogP contribution < -0.4 is 5.73 Å². The van der Waals surface area contributed by atoms with E-state index in [9.17, 15) is 9.59 Å². The molecule has 1 aliphatic carbocycles. The maximum Gasteiger partial charge on any atom is 0.240 e. The van der Waals surface area contributed by atoms with Crippen LogP contribution in [0.3, 0.4) is 0 Å². The fourth-order valence-corrected chi connectivity index (χ4v) is 3.55. The van der Waals surface area contributed by atoms with E-state index in [2.05, 4.69) is 4.90 Å². The maximum absolute atomic E-state index is 12.5. The zero-order valence-corrected chi connectivity index (χ0v) is 12.9. The third-order valence-corrected chi connectivity index (χ3v) is 5.38. The molecule has 6 nitrogen and oxygen atoms in total. The van der Waals surface area contributed by atoms with E-state index in [0.717, 1.165) is 32.2 Å². The number of nitrogens with two attached hydrogens (primary N) is 1. The number of rotatable bonds is 3. The molecule has 3 aliphatic rings. The van der Waals surface area contributed by atoms with Crippen molar-refractivity contribution in [1.82, 2.24) is 14.7 Å². The molecule has 3 rings (SSSR count). The molecule has 2 aliphatic heterocycles. The lowest BCUT2D eigenvalue weighted by molar-refractivity contribution is -0.144. The van der Waals surface area contributed by atoms with Gasteiger partial charge in [-0.05, 0) is 39.3 Å². The molecular formula is C15H26N4O2. The summed E-state index contributed by atoms with van der Waals surface area (Å²) >= 11 is 0. The maximum atomic E-state index is 12.5. The van der Waals surface area contributed by atoms with E-state index < -0.39 is 0 Å².